The van der Waals surface area contributed by atoms with Crippen molar-refractivity contribution >= 4 is 58.0 Å². The highest BCUT2D eigenvalue weighted by Crippen LogP contribution is 2.35. The summed E-state index contributed by atoms with van der Waals surface area (Å²) in [4.78, 5) is 38.7. The van der Waals surface area contributed by atoms with Gasteiger partial charge in [0.15, 0.2) is 0 Å². The summed E-state index contributed by atoms with van der Waals surface area (Å²) >= 11 is 12.0. The van der Waals surface area contributed by atoms with E-state index in [4.69, 9.17) is 23.2 Å². The van der Waals surface area contributed by atoms with Gasteiger partial charge in [0.25, 0.3) is 17.7 Å². The number of anilines is 3. The molecule has 0 bridgehead atoms. The molecule has 35 heavy (non-hydrogen) atoms. The molecule has 0 atom stereocenters. The number of para-hydroxylation sites is 1. The predicted molar refractivity (Wildman–Crippen MR) is 126 cm³/mol. The zero-order valence-corrected chi connectivity index (χ0v) is 19.0. The van der Waals surface area contributed by atoms with Crippen molar-refractivity contribution in [3.05, 3.63) is 99.7 Å². The molecule has 0 radical (unpaired) electrons. The molecular formula is C24H14Cl2F3N3O3. The monoisotopic (exact) mass is 519 g/mol. The zero-order valence-electron chi connectivity index (χ0n) is 17.5. The summed E-state index contributed by atoms with van der Waals surface area (Å²) in [5, 5.41) is 4.99. The van der Waals surface area contributed by atoms with Gasteiger partial charge in [-0.05, 0) is 54.6 Å². The van der Waals surface area contributed by atoms with E-state index in [0.717, 1.165) is 17.0 Å². The summed E-state index contributed by atoms with van der Waals surface area (Å²) in [7, 11) is 0. The van der Waals surface area contributed by atoms with Gasteiger partial charge < -0.3 is 10.6 Å². The minimum absolute atomic E-state index is 0.0713. The van der Waals surface area contributed by atoms with Crippen LogP contribution >= 0.6 is 23.2 Å². The largest absolute Gasteiger partial charge is 0.418 e. The van der Waals surface area contributed by atoms with E-state index < -0.39 is 29.5 Å². The van der Waals surface area contributed by atoms with Gasteiger partial charge in [-0.2, -0.15) is 13.2 Å². The van der Waals surface area contributed by atoms with Crippen molar-refractivity contribution < 1.29 is 27.6 Å². The van der Waals surface area contributed by atoms with Gasteiger partial charge in [0.2, 0.25) is 0 Å². The van der Waals surface area contributed by atoms with Gasteiger partial charge >= 0.3 is 6.18 Å². The molecule has 2 N–H and O–H groups in total. The van der Waals surface area contributed by atoms with E-state index in [1.54, 1.807) is 12.1 Å². The van der Waals surface area contributed by atoms with Gasteiger partial charge in [-0.25, -0.2) is 4.90 Å². The average Bonchev–Trinajstić information content (AvgIpc) is 3.02. The number of hydrogen-bond donors (Lipinski definition) is 2. The summed E-state index contributed by atoms with van der Waals surface area (Å²) in [5.74, 6) is -2.20. The first kappa shape index (κ1) is 24.3. The topological polar surface area (TPSA) is 78.5 Å². The first-order valence-corrected chi connectivity index (χ1v) is 10.7. The molecule has 4 rings (SSSR count). The Morgan fingerprint density at radius 3 is 2.20 bits per heavy atom. The van der Waals surface area contributed by atoms with Crippen molar-refractivity contribution in [2.75, 3.05) is 15.5 Å². The smallest absolute Gasteiger partial charge is 0.350 e. The van der Waals surface area contributed by atoms with Crippen LogP contribution in [-0.2, 0) is 15.8 Å². The van der Waals surface area contributed by atoms with E-state index in [1.165, 1.54) is 48.5 Å². The Labute approximate surface area is 206 Å². The molecule has 1 heterocycles. The SMILES string of the molecule is O=C(Nc1ccccc1C(F)(F)F)c1ccc(NC2=C(Cl)C(=O)N(c3cccc(Cl)c3)C2=O)cc1. The Balaban J connectivity index is 1.50. The van der Waals surface area contributed by atoms with E-state index in [2.05, 4.69) is 10.6 Å². The van der Waals surface area contributed by atoms with Crippen molar-refractivity contribution in [2.24, 2.45) is 0 Å². The summed E-state index contributed by atoms with van der Waals surface area (Å²) in [6.07, 6.45) is -4.63. The first-order chi connectivity index (χ1) is 16.6. The number of carbonyl (C=O) groups excluding carboxylic acids is 3. The van der Waals surface area contributed by atoms with Crippen molar-refractivity contribution in [2.45, 2.75) is 6.18 Å². The van der Waals surface area contributed by atoms with Crippen LogP contribution in [0.3, 0.4) is 0 Å². The van der Waals surface area contributed by atoms with Crippen molar-refractivity contribution in [1.82, 2.24) is 0 Å². The number of amides is 3. The van der Waals surface area contributed by atoms with Gasteiger partial charge in [-0.3, -0.25) is 14.4 Å². The maximum Gasteiger partial charge on any atom is 0.418 e. The van der Waals surface area contributed by atoms with Crippen molar-refractivity contribution in [1.29, 1.82) is 0 Å². The number of benzene rings is 3. The highest BCUT2D eigenvalue weighted by Gasteiger charge is 2.39. The molecule has 3 aromatic rings. The Morgan fingerprint density at radius 2 is 1.54 bits per heavy atom. The molecule has 1 aliphatic heterocycles. The molecule has 0 aromatic heterocycles. The molecule has 6 nitrogen and oxygen atoms in total. The molecule has 0 unspecified atom stereocenters. The van der Waals surface area contributed by atoms with E-state index in [-0.39, 0.29) is 27.7 Å². The van der Waals surface area contributed by atoms with Crippen LogP contribution in [0.1, 0.15) is 15.9 Å². The van der Waals surface area contributed by atoms with Gasteiger partial charge in [0, 0.05) is 16.3 Å². The minimum atomic E-state index is -4.63. The highest BCUT2D eigenvalue weighted by molar-refractivity contribution is 6.53. The molecule has 178 valence electrons. The Bertz CT molecular complexity index is 1370. The number of nitrogens with one attached hydrogen (secondary N) is 2. The predicted octanol–water partition coefficient (Wildman–Crippen LogP) is 6.05. The first-order valence-electron chi connectivity index (χ1n) is 9.95. The quantitative estimate of drug-likeness (QED) is 0.402. The molecule has 11 heteroatoms. The van der Waals surface area contributed by atoms with E-state index in [0.29, 0.717) is 10.7 Å². The lowest BCUT2D eigenvalue weighted by Crippen LogP contribution is -2.32. The number of hydrogen-bond acceptors (Lipinski definition) is 4. The fraction of sp³-hybridized carbons (Fsp3) is 0.0417. The summed E-state index contributed by atoms with van der Waals surface area (Å²) < 4.78 is 39.5. The second kappa shape index (κ2) is 9.44. The van der Waals surface area contributed by atoms with Gasteiger partial charge in [0.05, 0.1) is 16.9 Å². The molecule has 0 saturated heterocycles. The third-order valence-electron chi connectivity index (χ3n) is 4.99. The van der Waals surface area contributed by atoms with E-state index in [1.807, 2.05) is 0 Å². The average molecular weight is 520 g/mol. The lowest BCUT2D eigenvalue weighted by molar-refractivity contribution is -0.137. The standard InChI is InChI=1S/C24H14Cl2F3N3O3/c25-14-4-3-5-16(12-14)32-22(34)19(26)20(23(32)35)30-15-10-8-13(9-11-15)21(33)31-18-7-2-1-6-17(18)24(27,28)29/h1-12,30H,(H,31,33). The van der Waals surface area contributed by atoms with Gasteiger partial charge in [-0.1, -0.05) is 41.4 Å². The Morgan fingerprint density at radius 1 is 0.857 bits per heavy atom. The second-order valence-corrected chi connectivity index (χ2v) is 8.13. The number of rotatable bonds is 5. The van der Waals surface area contributed by atoms with Crippen LogP contribution in [0.5, 0.6) is 0 Å². The molecule has 0 spiro atoms. The summed E-state index contributed by atoms with van der Waals surface area (Å²) in [6, 6.07) is 16.3. The number of imide groups is 1. The van der Waals surface area contributed by atoms with E-state index >= 15 is 0 Å². The molecule has 0 fully saturated rings. The van der Waals surface area contributed by atoms with Crippen LogP contribution in [0.25, 0.3) is 0 Å². The number of nitrogens with zero attached hydrogens (tertiary/aromatic N) is 1. The lowest BCUT2D eigenvalue weighted by atomic mass is 10.1. The fourth-order valence-electron chi connectivity index (χ4n) is 3.34. The van der Waals surface area contributed by atoms with Gasteiger partial charge in [0.1, 0.15) is 10.7 Å². The van der Waals surface area contributed by atoms with Crippen LogP contribution in [0.4, 0.5) is 30.2 Å². The van der Waals surface area contributed by atoms with Crippen molar-refractivity contribution in [3.63, 3.8) is 0 Å². The van der Waals surface area contributed by atoms with Crippen LogP contribution in [0.2, 0.25) is 5.02 Å². The minimum Gasteiger partial charge on any atom is -0.350 e. The Hall–Kier alpha value is -3.82. The molecule has 3 aromatic carbocycles. The third-order valence-corrected chi connectivity index (χ3v) is 5.58. The fourth-order valence-corrected chi connectivity index (χ4v) is 3.74. The van der Waals surface area contributed by atoms with Crippen LogP contribution in [-0.4, -0.2) is 17.7 Å². The number of alkyl halides is 3. The van der Waals surface area contributed by atoms with Crippen LogP contribution in [0, 0.1) is 0 Å². The zero-order chi connectivity index (χ0) is 25.3. The summed E-state index contributed by atoms with van der Waals surface area (Å²) in [6.45, 7) is 0. The number of halogens is 5. The van der Waals surface area contributed by atoms with Crippen LogP contribution in [0.15, 0.2) is 83.5 Å². The van der Waals surface area contributed by atoms with Crippen molar-refractivity contribution in [3.8, 4) is 0 Å². The third kappa shape index (κ3) is 5.01. The van der Waals surface area contributed by atoms with Crippen LogP contribution < -0.4 is 15.5 Å². The highest BCUT2D eigenvalue weighted by atomic mass is 35.5. The Kier molecular flexibility index (Phi) is 6.56. The molecule has 0 aliphatic carbocycles. The maximum absolute atomic E-state index is 13.2. The van der Waals surface area contributed by atoms with E-state index in [9.17, 15) is 27.6 Å². The normalized spacial score (nSPS) is 13.9. The molecular weight excluding hydrogens is 506 g/mol. The van der Waals surface area contributed by atoms with Gasteiger partial charge in [-0.15, -0.1) is 0 Å². The molecule has 1 aliphatic rings. The number of carbonyl (C=O) groups is 3. The molecule has 3 amide bonds. The maximum atomic E-state index is 13.2. The molecule has 0 saturated carbocycles. The lowest BCUT2D eigenvalue weighted by Gasteiger charge is -2.15. The summed E-state index contributed by atoms with van der Waals surface area (Å²) in [5.41, 5.74) is -0.884. The second-order valence-electron chi connectivity index (χ2n) is 7.31.